The maximum Gasteiger partial charge on any atom is 0.170 e. The zero-order valence-corrected chi connectivity index (χ0v) is 17.3. The van der Waals surface area contributed by atoms with Gasteiger partial charge >= 0.3 is 0 Å². The van der Waals surface area contributed by atoms with Gasteiger partial charge in [0.25, 0.3) is 0 Å². The van der Waals surface area contributed by atoms with Crippen LogP contribution in [-0.2, 0) is 0 Å². The fourth-order valence-electron chi connectivity index (χ4n) is 2.32. The summed E-state index contributed by atoms with van der Waals surface area (Å²) in [6, 6.07) is 3.59. The van der Waals surface area contributed by atoms with Gasteiger partial charge in [-0.1, -0.05) is 27.7 Å². The fourth-order valence-corrected chi connectivity index (χ4v) is 2.32. The van der Waals surface area contributed by atoms with Crippen molar-refractivity contribution in [1.29, 1.82) is 0 Å². The van der Waals surface area contributed by atoms with E-state index in [2.05, 4.69) is 5.32 Å². The number of aliphatic hydroxyl groups excluding tert-OH is 1. The molecule has 2 N–H and O–H groups in total. The van der Waals surface area contributed by atoms with E-state index in [1.807, 2.05) is 27.7 Å². The summed E-state index contributed by atoms with van der Waals surface area (Å²) < 4.78 is 16.4. The monoisotopic (exact) mass is 389 g/mol. The van der Waals surface area contributed by atoms with Crippen LogP contribution in [-0.4, -0.2) is 50.4 Å². The number of aliphatic hydroxyl groups is 1. The molecular formula is C19H32ClNO5. The highest BCUT2D eigenvalue weighted by atomic mass is 35.5. The molecule has 0 unspecified atom stereocenters. The van der Waals surface area contributed by atoms with Gasteiger partial charge in [-0.3, -0.25) is 4.79 Å². The molecule has 0 bridgehead atoms. The topological polar surface area (TPSA) is 77.0 Å². The van der Waals surface area contributed by atoms with Crippen LogP contribution >= 0.6 is 12.4 Å². The van der Waals surface area contributed by atoms with E-state index in [1.165, 1.54) is 14.2 Å². The quantitative estimate of drug-likeness (QED) is 0.566. The Balaban J connectivity index is 0.00000625. The predicted molar refractivity (Wildman–Crippen MR) is 105 cm³/mol. The van der Waals surface area contributed by atoms with E-state index in [0.717, 1.165) is 0 Å². The average Bonchev–Trinajstić information content (AvgIpc) is 2.56. The number of methoxy groups -OCH3 is 2. The molecule has 0 saturated heterocycles. The maximum absolute atomic E-state index is 12.6. The second kappa shape index (κ2) is 12.0. The molecule has 0 heterocycles. The van der Waals surface area contributed by atoms with E-state index in [9.17, 15) is 9.90 Å². The zero-order valence-electron chi connectivity index (χ0n) is 16.5. The van der Waals surface area contributed by atoms with Gasteiger partial charge in [0.2, 0.25) is 0 Å². The molecule has 0 radical (unpaired) electrons. The van der Waals surface area contributed by atoms with Crippen LogP contribution in [0.1, 0.15) is 44.5 Å². The summed E-state index contributed by atoms with van der Waals surface area (Å²) in [6.45, 7) is 8.45. The van der Waals surface area contributed by atoms with Crippen molar-refractivity contribution in [2.75, 3.05) is 27.4 Å². The van der Waals surface area contributed by atoms with Crippen LogP contribution in [0.15, 0.2) is 12.1 Å². The lowest BCUT2D eigenvalue weighted by Crippen LogP contribution is -2.35. The number of hydrogen-bond acceptors (Lipinski definition) is 6. The van der Waals surface area contributed by atoms with E-state index < -0.39 is 6.10 Å². The van der Waals surface area contributed by atoms with Gasteiger partial charge in [0.05, 0.1) is 14.2 Å². The van der Waals surface area contributed by atoms with Crippen LogP contribution in [0.25, 0.3) is 0 Å². The normalized spacial score (nSPS) is 11.9. The molecule has 6 nitrogen and oxygen atoms in total. The first-order chi connectivity index (χ1) is 11.8. The van der Waals surface area contributed by atoms with E-state index in [4.69, 9.17) is 14.2 Å². The third-order valence-corrected chi connectivity index (χ3v) is 3.56. The molecular weight excluding hydrogens is 358 g/mol. The van der Waals surface area contributed by atoms with Crippen molar-refractivity contribution in [2.45, 2.75) is 46.3 Å². The largest absolute Gasteiger partial charge is 0.496 e. The Labute approximate surface area is 162 Å². The van der Waals surface area contributed by atoms with Crippen LogP contribution in [0.3, 0.4) is 0 Å². The molecule has 0 aromatic heterocycles. The first kappa shape index (κ1) is 24.5. The number of Topliss-reactive ketones (excluding diaryl/α,β-unsaturated/α-hetero) is 1. The summed E-state index contributed by atoms with van der Waals surface area (Å²) in [4.78, 5) is 12.6. The van der Waals surface area contributed by atoms with Crippen molar-refractivity contribution in [1.82, 2.24) is 5.32 Å². The SMILES string of the molecule is COc1cc(OC)c(C(=O)CC(C)C)c(OC[C@@H](O)CNC(C)C)c1.Cl. The maximum atomic E-state index is 12.6. The minimum Gasteiger partial charge on any atom is -0.496 e. The molecule has 0 aliphatic heterocycles. The van der Waals surface area contributed by atoms with Crippen LogP contribution in [0.2, 0.25) is 0 Å². The molecule has 26 heavy (non-hydrogen) atoms. The van der Waals surface area contributed by atoms with Gasteiger partial charge in [-0.05, 0) is 5.92 Å². The predicted octanol–water partition coefficient (Wildman–Crippen LogP) is 3.09. The number of rotatable bonds is 11. The number of hydrogen-bond donors (Lipinski definition) is 2. The molecule has 1 aromatic rings. The molecule has 1 aromatic carbocycles. The first-order valence-electron chi connectivity index (χ1n) is 8.61. The third kappa shape index (κ3) is 7.81. The Morgan fingerprint density at radius 1 is 1.12 bits per heavy atom. The summed E-state index contributed by atoms with van der Waals surface area (Å²) in [5.41, 5.74) is 0.390. The molecule has 0 amide bonds. The highest BCUT2D eigenvalue weighted by Gasteiger charge is 2.22. The van der Waals surface area contributed by atoms with Gasteiger partial charge in [-0.15, -0.1) is 12.4 Å². The summed E-state index contributed by atoms with van der Waals surface area (Å²) >= 11 is 0. The van der Waals surface area contributed by atoms with Crippen LogP contribution in [0.5, 0.6) is 17.2 Å². The number of ketones is 1. The lowest BCUT2D eigenvalue weighted by molar-refractivity contribution is 0.0929. The van der Waals surface area contributed by atoms with Crippen molar-refractivity contribution >= 4 is 18.2 Å². The van der Waals surface area contributed by atoms with E-state index in [0.29, 0.717) is 35.8 Å². The average molecular weight is 390 g/mol. The van der Waals surface area contributed by atoms with Crippen LogP contribution in [0, 0.1) is 5.92 Å². The van der Waals surface area contributed by atoms with E-state index in [1.54, 1.807) is 12.1 Å². The van der Waals surface area contributed by atoms with Crippen molar-refractivity contribution in [3.8, 4) is 17.2 Å². The molecule has 1 rings (SSSR count). The van der Waals surface area contributed by atoms with E-state index >= 15 is 0 Å². The Morgan fingerprint density at radius 2 is 1.73 bits per heavy atom. The van der Waals surface area contributed by atoms with Crippen LogP contribution in [0.4, 0.5) is 0 Å². The highest BCUT2D eigenvalue weighted by molar-refractivity contribution is 6.01. The summed E-state index contributed by atoms with van der Waals surface area (Å²) in [6.07, 6.45) is -0.302. The Kier molecular flexibility index (Phi) is 11.3. The molecule has 150 valence electrons. The smallest absolute Gasteiger partial charge is 0.170 e. The van der Waals surface area contributed by atoms with Crippen molar-refractivity contribution in [3.63, 3.8) is 0 Å². The van der Waals surface area contributed by atoms with E-state index in [-0.39, 0.29) is 36.8 Å². The molecule has 1 atom stereocenters. The molecule has 0 aliphatic rings. The third-order valence-electron chi connectivity index (χ3n) is 3.56. The number of carbonyl (C=O) groups is 1. The van der Waals surface area contributed by atoms with Gasteiger partial charge in [0, 0.05) is 31.1 Å². The van der Waals surface area contributed by atoms with Crippen LogP contribution < -0.4 is 19.5 Å². The first-order valence-corrected chi connectivity index (χ1v) is 8.61. The van der Waals surface area contributed by atoms with Crippen molar-refractivity contribution < 1.29 is 24.1 Å². The minimum absolute atomic E-state index is 0. The van der Waals surface area contributed by atoms with Gasteiger partial charge in [0.1, 0.15) is 35.5 Å². The molecule has 0 aliphatic carbocycles. The van der Waals surface area contributed by atoms with Gasteiger partial charge in [0.15, 0.2) is 5.78 Å². The summed E-state index contributed by atoms with van der Waals surface area (Å²) in [5.74, 6) is 1.47. The lowest BCUT2D eigenvalue weighted by atomic mass is 9.99. The Hall–Kier alpha value is -1.50. The molecule has 7 heteroatoms. The standard InChI is InChI=1S/C19H31NO5.ClH/c1-12(2)7-16(22)19-17(24-6)8-15(23-5)9-18(19)25-11-14(21)10-20-13(3)4;/h8-9,12-14,20-21H,7,10-11H2,1-6H3;1H/t14-;/m0./s1. The Morgan fingerprint density at radius 3 is 2.23 bits per heavy atom. The van der Waals surface area contributed by atoms with Crippen molar-refractivity contribution in [3.05, 3.63) is 17.7 Å². The van der Waals surface area contributed by atoms with Gasteiger partial charge < -0.3 is 24.6 Å². The molecule has 0 fully saturated rings. The second-order valence-electron chi connectivity index (χ2n) is 6.75. The molecule has 0 saturated carbocycles. The summed E-state index contributed by atoms with van der Waals surface area (Å²) in [7, 11) is 3.04. The Bertz CT molecular complexity index is 563. The number of nitrogens with one attached hydrogen (secondary N) is 1. The lowest BCUT2D eigenvalue weighted by Gasteiger charge is -2.19. The fraction of sp³-hybridized carbons (Fsp3) is 0.632. The van der Waals surface area contributed by atoms with Gasteiger partial charge in [-0.2, -0.15) is 0 Å². The number of ether oxygens (including phenoxy) is 3. The van der Waals surface area contributed by atoms with Gasteiger partial charge in [-0.25, -0.2) is 0 Å². The van der Waals surface area contributed by atoms with Crippen molar-refractivity contribution in [2.24, 2.45) is 5.92 Å². The molecule has 0 spiro atoms. The number of carbonyl (C=O) groups excluding carboxylic acids is 1. The second-order valence-corrected chi connectivity index (χ2v) is 6.75. The number of benzene rings is 1. The minimum atomic E-state index is -0.687. The summed E-state index contributed by atoms with van der Waals surface area (Å²) in [5, 5.41) is 13.2. The number of halogens is 1. The zero-order chi connectivity index (χ0) is 19.0. The highest BCUT2D eigenvalue weighted by Crippen LogP contribution is 2.35.